The van der Waals surface area contributed by atoms with Crippen LogP contribution in [0.2, 0.25) is 0 Å². The van der Waals surface area contributed by atoms with E-state index in [1.165, 1.54) is 18.3 Å². The number of hydrogen-bond acceptors (Lipinski definition) is 4. The smallest absolute Gasteiger partial charge is 0.289 e. The molecule has 1 aromatic heterocycles. The fourth-order valence-electron chi connectivity index (χ4n) is 3.04. The highest BCUT2D eigenvalue weighted by Gasteiger charge is 2.29. The van der Waals surface area contributed by atoms with Gasteiger partial charge in [0.25, 0.3) is 5.91 Å². The number of aromatic amines is 1. The number of para-hydroxylation sites is 1. The third-order valence-corrected chi connectivity index (χ3v) is 6.84. The van der Waals surface area contributed by atoms with Crippen molar-refractivity contribution in [2.75, 3.05) is 0 Å². The van der Waals surface area contributed by atoms with E-state index in [0.717, 1.165) is 10.0 Å². The number of nitrogens with zero attached hydrogens (tertiary/aromatic N) is 1. The minimum atomic E-state index is -3.93. The lowest BCUT2D eigenvalue weighted by atomic mass is 10.2. The molecule has 0 aliphatic rings. The molecule has 8 heteroatoms. The maximum atomic E-state index is 13.3. The van der Waals surface area contributed by atoms with Crippen molar-refractivity contribution >= 4 is 48.8 Å². The van der Waals surface area contributed by atoms with Gasteiger partial charge in [-0.1, -0.05) is 64.5 Å². The third-order valence-electron chi connectivity index (χ3n) is 4.46. The third kappa shape index (κ3) is 3.92. The van der Waals surface area contributed by atoms with Gasteiger partial charge < -0.3 is 4.98 Å². The molecule has 6 nitrogen and oxygen atoms in total. The van der Waals surface area contributed by atoms with Gasteiger partial charge in [0.2, 0.25) is 9.84 Å². The van der Waals surface area contributed by atoms with Crippen LogP contribution in [-0.4, -0.2) is 25.5 Å². The number of rotatable bonds is 5. The molecule has 3 aromatic carbocycles. The monoisotopic (exact) mass is 481 g/mol. The van der Waals surface area contributed by atoms with Gasteiger partial charge in [0.1, 0.15) is 10.6 Å². The van der Waals surface area contributed by atoms with E-state index in [0.29, 0.717) is 10.9 Å². The Bertz CT molecular complexity index is 1350. The fourth-order valence-corrected chi connectivity index (χ4v) is 4.94. The van der Waals surface area contributed by atoms with Gasteiger partial charge in [0.05, 0.1) is 11.1 Å². The van der Waals surface area contributed by atoms with Gasteiger partial charge in [0, 0.05) is 15.4 Å². The predicted molar refractivity (Wildman–Crippen MR) is 119 cm³/mol. The molecular weight excluding hydrogens is 466 g/mol. The van der Waals surface area contributed by atoms with Gasteiger partial charge in [-0.3, -0.25) is 4.79 Å². The van der Waals surface area contributed by atoms with Gasteiger partial charge in [-0.05, 0) is 35.9 Å². The number of H-pyrrole nitrogens is 1. The van der Waals surface area contributed by atoms with Crippen molar-refractivity contribution in [3.05, 3.63) is 94.6 Å². The number of benzene rings is 3. The highest BCUT2D eigenvalue weighted by Crippen LogP contribution is 2.31. The van der Waals surface area contributed by atoms with Crippen molar-refractivity contribution in [2.24, 2.45) is 5.10 Å². The summed E-state index contributed by atoms with van der Waals surface area (Å²) in [6.45, 7) is 0. The number of fused-ring (bicyclic) bond motifs is 1. The van der Waals surface area contributed by atoms with Crippen LogP contribution >= 0.6 is 15.9 Å². The van der Waals surface area contributed by atoms with Crippen LogP contribution in [0.1, 0.15) is 16.1 Å². The summed E-state index contributed by atoms with van der Waals surface area (Å²) in [7, 11) is -3.93. The van der Waals surface area contributed by atoms with Crippen LogP contribution in [-0.2, 0) is 9.84 Å². The first-order valence-corrected chi connectivity index (χ1v) is 11.2. The number of carbonyl (C=O) groups is 1. The number of hydrogen-bond donors (Lipinski definition) is 2. The molecule has 0 radical (unpaired) electrons. The highest BCUT2D eigenvalue weighted by molar-refractivity contribution is 9.10. The highest BCUT2D eigenvalue weighted by atomic mass is 79.9. The van der Waals surface area contributed by atoms with E-state index < -0.39 is 15.7 Å². The van der Waals surface area contributed by atoms with Crippen molar-refractivity contribution in [2.45, 2.75) is 9.79 Å². The average molecular weight is 482 g/mol. The number of halogens is 1. The van der Waals surface area contributed by atoms with E-state index >= 15 is 0 Å². The molecular formula is C22H16BrN3O3S. The summed E-state index contributed by atoms with van der Waals surface area (Å²) >= 11 is 3.35. The van der Waals surface area contributed by atoms with E-state index in [4.69, 9.17) is 0 Å². The van der Waals surface area contributed by atoms with E-state index in [1.807, 2.05) is 24.3 Å². The molecule has 0 aliphatic heterocycles. The van der Waals surface area contributed by atoms with Crippen LogP contribution in [0.4, 0.5) is 0 Å². The number of carbonyl (C=O) groups excluding carboxylic acids is 1. The number of amides is 1. The summed E-state index contributed by atoms with van der Waals surface area (Å²) < 4.78 is 27.6. The lowest BCUT2D eigenvalue weighted by molar-refractivity contribution is 0.0947. The molecule has 0 saturated heterocycles. The summed E-state index contributed by atoms with van der Waals surface area (Å²) in [5.74, 6) is -0.644. The molecule has 0 bridgehead atoms. The fraction of sp³-hybridized carbons (Fsp3) is 0. The maximum Gasteiger partial charge on any atom is 0.289 e. The van der Waals surface area contributed by atoms with Crippen molar-refractivity contribution < 1.29 is 13.2 Å². The maximum absolute atomic E-state index is 13.3. The zero-order chi connectivity index (χ0) is 21.1. The Morgan fingerprint density at radius 2 is 1.60 bits per heavy atom. The van der Waals surface area contributed by atoms with Crippen molar-refractivity contribution in [1.82, 2.24) is 10.4 Å². The molecule has 0 atom stereocenters. The van der Waals surface area contributed by atoms with Gasteiger partial charge in [-0.2, -0.15) is 5.10 Å². The Kier molecular flexibility index (Phi) is 5.52. The Morgan fingerprint density at radius 3 is 2.33 bits per heavy atom. The molecule has 4 aromatic rings. The molecule has 1 amide bonds. The largest absolute Gasteiger partial charge is 0.349 e. The lowest BCUT2D eigenvalue weighted by Crippen LogP contribution is -2.20. The van der Waals surface area contributed by atoms with Crippen LogP contribution in [0.25, 0.3) is 10.9 Å². The Morgan fingerprint density at radius 1 is 0.933 bits per heavy atom. The second kappa shape index (κ2) is 8.25. The average Bonchev–Trinajstić information content (AvgIpc) is 3.16. The first kappa shape index (κ1) is 20.1. The van der Waals surface area contributed by atoms with Crippen molar-refractivity contribution in [3.8, 4) is 0 Å². The molecule has 0 spiro atoms. The second-order valence-electron chi connectivity index (χ2n) is 6.44. The molecule has 30 heavy (non-hydrogen) atoms. The minimum Gasteiger partial charge on any atom is -0.349 e. The summed E-state index contributed by atoms with van der Waals surface area (Å²) in [6.07, 6.45) is 1.48. The predicted octanol–water partition coefficient (Wildman–Crippen LogP) is 4.53. The van der Waals surface area contributed by atoms with Gasteiger partial charge >= 0.3 is 0 Å². The number of hydrazone groups is 1. The number of aromatic nitrogens is 1. The normalized spacial score (nSPS) is 11.8. The van der Waals surface area contributed by atoms with E-state index in [1.54, 1.807) is 42.5 Å². The van der Waals surface area contributed by atoms with Crippen LogP contribution in [0.5, 0.6) is 0 Å². The van der Waals surface area contributed by atoms with Gasteiger partial charge in [-0.25, -0.2) is 13.8 Å². The van der Waals surface area contributed by atoms with Crippen molar-refractivity contribution in [3.63, 3.8) is 0 Å². The van der Waals surface area contributed by atoms with E-state index in [2.05, 4.69) is 31.4 Å². The second-order valence-corrected chi connectivity index (χ2v) is 9.24. The zero-order valence-electron chi connectivity index (χ0n) is 15.5. The lowest BCUT2D eigenvalue weighted by Gasteiger charge is -2.06. The minimum absolute atomic E-state index is 0.0620. The topological polar surface area (TPSA) is 91.4 Å². The molecule has 2 N–H and O–H groups in total. The molecule has 1 heterocycles. The first-order chi connectivity index (χ1) is 14.5. The number of nitrogens with one attached hydrogen (secondary N) is 2. The summed E-state index contributed by atoms with van der Waals surface area (Å²) in [4.78, 5) is 15.8. The standard InChI is InChI=1S/C22H16BrN3O3S/c23-16-12-10-15(11-13-16)14-24-26-22(27)20-21(18-8-4-5-9-19(18)25-20)30(28,29)17-6-2-1-3-7-17/h1-14,25H,(H,26,27)/b24-14+. The van der Waals surface area contributed by atoms with Gasteiger partial charge in [0.15, 0.2) is 0 Å². The van der Waals surface area contributed by atoms with Crippen molar-refractivity contribution in [1.29, 1.82) is 0 Å². The van der Waals surface area contributed by atoms with Gasteiger partial charge in [-0.15, -0.1) is 0 Å². The van der Waals surface area contributed by atoms with E-state index in [9.17, 15) is 13.2 Å². The van der Waals surface area contributed by atoms with Crippen LogP contribution in [0.3, 0.4) is 0 Å². The molecule has 150 valence electrons. The van der Waals surface area contributed by atoms with Crippen LogP contribution in [0.15, 0.2) is 98.2 Å². The number of sulfone groups is 1. The Balaban J connectivity index is 1.73. The molecule has 4 rings (SSSR count). The Hall–Kier alpha value is -3.23. The summed E-state index contributed by atoms with van der Waals surface area (Å²) in [5, 5.41) is 4.41. The van der Waals surface area contributed by atoms with E-state index in [-0.39, 0.29) is 15.5 Å². The first-order valence-electron chi connectivity index (χ1n) is 8.96. The molecule has 0 saturated carbocycles. The molecule has 0 unspecified atom stereocenters. The summed E-state index contributed by atoms with van der Waals surface area (Å²) in [6, 6.07) is 22.3. The van der Waals surface area contributed by atoms with Crippen LogP contribution < -0.4 is 5.43 Å². The molecule has 0 fully saturated rings. The van der Waals surface area contributed by atoms with Crippen LogP contribution in [0, 0.1) is 0 Å². The molecule has 0 aliphatic carbocycles. The SMILES string of the molecule is O=C(N/N=C/c1ccc(Br)cc1)c1[nH]c2ccccc2c1S(=O)(=O)c1ccccc1. The Labute approximate surface area is 181 Å². The zero-order valence-corrected chi connectivity index (χ0v) is 17.9. The summed E-state index contributed by atoms with van der Waals surface area (Å²) in [5.41, 5.74) is 3.68. The quantitative estimate of drug-likeness (QED) is 0.324.